The van der Waals surface area contributed by atoms with E-state index in [9.17, 15) is 14.7 Å². The summed E-state index contributed by atoms with van der Waals surface area (Å²) < 4.78 is 0. The van der Waals surface area contributed by atoms with Crippen molar-refractivity contribution in [1.29, 1.82) is 0 Å². The van der Waals surface area contributed by atoms with Crippen LogP contribution in [0.25, 0.3) is 0 Å². The van der Waals surface area contributed by atoms with Gasteiger partial charge in [-0.2, -0.15) is 0 Å². The second kappa shape index (κ2) is 6.05. The summed E-state index contributed by atoms with van der Waals surface area (Å²) in [5.41, 5.74) is 2.47. The molecule has 3 aliphatic carbocycles. The number of amides is 1. The van der Waals surface area contributed by atoms with Gasteiger partial charge in [-0.1, -0.05) is 30.4 Å². The molecule has 3 fully saturated rings. The molecule has 4 heteroatoms. The van der Waals surface area contributed by atoms with Crippen LogP contribution in [0.4, 0.5) is 0 Å². The van der Waals surface area contributed by atoms with Gasteiger partial charge in [0.05, 0.1) is 11.8 Å². The molecule has 0 radical (unpaired) electrons. The summed E-state index contributed by atoms with van der Waals surface area (Å²) in [6.45, 7) is 4.11. The molecule has 2 N–H and O–H groups in total. The predicted octanol–water partition coefficient (Wildman–Crippen LogP) is 3.13. The van der Waals surface area contributed by atoms with Crippen molar-refractivity contribution in [2.75, 3.05) is 0 Å². The van der Waals surface area contributed by atoms with Gasteiger partial charge in [0.2, 0.25) is 5.91 Å². The fourth-order valence-electron chi connectivity index (χ4n) is 5.15. The lowest BCUT2D eigenvalue weighted by atomic mass is 9.78. The number of hydrogen-bond acceptors (Lipinski definition) is 2. The van der Waals surface area contributed by atoms with Crippen LogP contribution >= 0.6 is 0 Å². The van der Waals surface area contributed by atoms with Crippen molar-refractivity contribution in [2.45, 2.75) is 64.8 Å². The minimum Gasteiger partial charge on any atom is -0.481 e. The molecule has 3 rings (SSSR count). The smallest absolute Gasteiger partial charge is 0.307 e. The van der Waals surface area contributed by atoms with E-state index in [0.29, 0.717) is 0 Å². The van der Waals surface area contributed by atoms with Gasteiger partial charge in [-0.3, -0.25) is 9.59 Å². The first kappa shape index (κ1) is 15.6. The molecule has 0 saturated heterocycles. The minimum absolute atomic E-state index is 0.00903. The standard InChI is InChI=1S/C18H27NO3/c1-10(2)14-12-8-9-13(14)16(18(21)22)15(12)17(20)19-11-6-4-3-5-7-11/h11-13,15-16H,3-9H2,1-2H3,(H,19,20)(H,21,22). The van der Waals surface area contributed by atoms with Gasteiger partial charge >= 0.3 is 5.97 Å². The molecule has 0 aromatic carbocycles. The van der Waals surface area contributed by atoms with Crippen LogP contribution in [0.3, 0.4) is 0 Å². The van der Waals surface area contributed by atoms with Crippen LogP contribution in [0.5, 0.6) is 0 Å². The number of carboxylic acid groups (broad SMARTS) is 1. The molecule has 4 unspecified atom stereocenters. The molecule has 4 atom stereocenters. The molecule has 4 nitrogen and oxygen atoms in total. The number of hydrogen-bond donors (Lipinski definition) is 2. The van der Waals surface area contributed by atoms with Crippen molar-refractivity contribution in [3.05, 3.63) is 11.1 Å². The van der Waals surface area contributed by atoms with Gasteiger partial charge in [0.25, 0.3) is 0 Å². The number of allylic oxidation sites excluding steroid dienone is 2. The Morgan fingerprint density at radius 3 is 2.09 bits per heavy atom. The number of aliphatic carboxylic acids is 1. The SMILES string of the molecule is CC(C)=C1C2CCC1C(C(=O)NC1CCCCC1)C2C(=O)O. The number of carbonyl (C=O) groups is 2. The Kier molecular flexibility index (Phi) is 4.28. The third-order valence-electron chi connectivity index (χ3n) is 5.96. The van der Waals surface area contributed by atoms with E-state index in [2.05, 4.69) is 19.2 Å². The lowest BCUT2D eigenvalue weighted by Gasteiger charge is -2.30. The lowest BCUT2D eigenvalue weighted by molar-refractivity contribution is -0.149. The Morgan fingerprint density at radius 2 is 1.55 bits per heavy atom. The summed E-state index contributed by atoms with van der Waals surface area (Å²) in [4.78, 5) is 24.6. The monoisotopic (exact) mass is 305 g/mol. The fourth-order valence-corrected chi connectivity index (χ4v) is 5.15. The van der Waals surface area contributed by atoms with Gasteiger partial charge in [-0.25, -0.2) is 0 Å². The molecule has 0 aliphatic heterocycles. The maximum Gasteiger partial charge on any atom is 0.307 e. The zero-order valence-corrected chi connectivity index (χ0v) is 13.6. The lowest BCUT2D eigenvalue weighted by Crippen LogP contribution is -2.45. The Hall–Kier alpha value is -1.32. The van der Waals surface area contributed by atoms with E-state index >= 15 is 0 Å². The quantitative estimate of drug-likeness (QED) is 0.787. The van der Waals surface area contributed by atoms with Crippen LogP contribution in [0.2, 0.25) is 0 Å². The average Bonchev–Trinajstić information content (AvgIpc) is 3.03. The van der Waals surface area contributed by atoms with Crippen LogP contribution in [0, 0.1) is 23.7 Å². The summed E-state index contributed by atoms with van der Waals surface area (Å²) >= 11 is 0. The first-order valence-corrected chi connectivity index (χ1v) is 8.71. The molecule has 0 aromatic heterocycles. The summed E-state index contributed by atoms with van der Waals surface area (Å²) in [6.07, 6.45) is 7.57. The summed E-state index contributed by atoms with van der Waals surface area (Å²) in [5, 5.41) is 12.8. The first-order valence-electron chi connectivity index (χ1n) is 8.71. The maximum absolute atomic E-state index is 12.8. The van der Waals surface area contributed by atoms with E-state index in [4.69, 9.17) is 0 Å². The Morgan fingerprint density at radius 1 is 0.955 bits per heavy atom. The van der Waals surface area contributed by atoms with Gasteiger partial charge < -0.3 is 10.4 Å². The molecular formula is C18H27NO3. The number of fused-ring (bicyclic) bond motifs is 2. The zero-order valence-electron chi connectivity index (χ0n) is 13.6. The number of carboxylic acids is 1. The second-order valence-corrected chi connectivity index (χ2v) is 7.48. The molecule has 1 amide bonds. The summed E-state index contributed by atoms with van der Waals surface area (Å²) in [6, 6.07) is 0.255. The Balaban J connectivity index is 1.80. The summed E-state index contributed by atoms with van der Waals surface area (Å²) in [5.74, 6) is -1.45. The van der Waals surface area contributed by atoms with Gasteiger partial charge in [0, 0.05) is 6.04 Å². The van der Waals surface area contributed by atoms with Crippen LogP contribution in [0.15, 0.2) is 11.1 Å². The fraction of sp³-hybridized carbons (Fsp3) is 0.778. The number of nitrogens with one attached hydrogen (secondary N) is 1. The molecule has 0 aromatic rings. The number of rotatable bonds is 3. The highest BCUT2D eigenvalue weighted by Crippen LogP contribution is 2.57. The van der Waals surface area contributed by atoms with Crippen molar-refractivity contribution < 1.29 is 14.7 Å². The molecular weight excluding hydrogens is 278 g/mol. The van der Waals surface area contributed by atoms with Crippen LogP contribution in [-0.4, -0.2) is 23.0 Å². The highest BCUT2D eigenvalue weighted by Gasteiger charge is 2.57. The number of carbonyl (C=O) groups excluding carboxylic acids is 1. The van der Waals surface area contributed by atoms with E-state index in [1.165, 1.54) is 30.4 Å². The Labute approximate surface area is 132 Å². The van der Waals surface area contributed by atoms with E-state index in [1.54, 1.807) is 0 Å². The molecule has 0 heterocycles. The van der Waals surface area contributed by atoms with Gasteiger partial charge in [0.15, 0.2) is 0 Å². The van der Waals surface area contributed by atoms with Crippen LogP contribution in [0.1, 0.15) is 58.8 Å². The van der Waals surface area contributed by atoms with Crippen LogP contribution in [-0.2, 0) is 9.59 Å². The van der Waals surface area contributed by atoms with Crippen molar-refractivity contribution >= 4 is 11.9 Å². The van der Waals surface area contributed by atoms with Crippen LogP contribution < -0.4 is 5.32 Å². The van der Waals surface area contributed by atoms with Crippen molar-refractivity contribution in [1.82, 2.24) is 5.32 Å². The zero-order chi connectivity index (χ0) is 15.9. The normalized spacial score (nSPS) is 34.7. The third kappa shape index (κ3) is 2.57. The van der Waals surface area contributed by atoms with Gasteiger partial charge in [0.1, 0.15) is 0 Å². The summed E-state index contributed by atoms with van der Waals surface area (Å²) in [7, 11) is 0. The van der Waals surface area contributed by atoms with Crippen molar-refractivity contribution in [3.8, 4) is 0 Å². The van der Waals surface area contributed by atoms with Crippen molar-refractivity contribution in [3.63, 3.8) is 0 Å². The maximum atomic E-state index is 12.8. The van der Waals surface area contributed by atoms with E-state index in [-0.39, 0.29) is 29.7 Å². The van der Waals surface area contributed by atoms with E-state index in [1.807, 2.05) is 0 Å². The highest BCUT2D eigenvalue weighted by molar-refractivity contribution is 5.87. The highest BCUT2D eigenvalue weighted by atomic mass is 16.4. The third-order valence-corrected chi connectivity index (χ3v) is 5.96. The minimum atomic E-state index is -0.797. The van der Waals surface area contributed by atoms with Gasteiger partial charge in [-0.05, 0) is 51.4 Å². The molecule has 122 valence electrons. The van der Waals surface area contributed by atoms with E-state index in [0.717, 1.165) is 25.7 Å². The molecule has 3 saturated carbocycles. The second-order valence-electron chi connectivity index (χ2n) is 7.48. The van der Waals surface area contributed by atoms with Gasteiger partial charge in [-0.15, -0.1) is 0 Å². The molecule has 2 bridgehead atoms. The van der Waals surface area contributed by atoms with E-state index < -0.39 is 11.9 Å². The largest absolute Gasteiger partial charge is 0.481 e. The predicted molar refractivity (Wildman–Crippen MR) is 84.2 cm³/mol. The molecule has 22 heavy (non-hydrogen) atoms. The van der Waals surface area contributed by atoms with Crippen molar-refractivity contribution in [2.24, 2.45) is 23.7 Å². The average molecular weight is 305 g/mol. The first-order chi connectivity index (χ1) is 10.5. The molecule has 3 aliphatic rings. The topological polar surface area (TPSA) is 66.4 Å². The molecule has 0 spiro atoms. The Bertz CT molecular complexity index is 500.